The quantitative estimate of drug-likeness (QED) is 0.873. The van der Waals surface area contributed by atoms with E-state index in [1.165, 1.54) is 12.0 Å². The highest BCUT2D eigenvalue weighted by Crippen LogP contribution is 2.27. The predicted octanol–water partition coefficient (Wildman–Crippen LogP) is 2.05. The average molecular weight is 320 g/mol. The molecule has 0 bridgehead atoms. The molecule has 1 aromatic heterocycles. The SMILES string of the molecule is COc1ccc(N2CCN(c3ncnc(Cl)c3N)CC2)cc1. The maximum absolute atomic E-state index is 5.97. The molecular formula is C15H18ClN5O. The topological polar surface area (TPSA) is 67.5 Å². The van der Waals surface area contributed by atoms with Crippen LogP contribution in [0.5, 0.6) is 5.75 Å². The van der Waals surface area contributed by atoms with Gasteiger partial charge in [-0.25, -0.2) is 9.97 Å². The third kappa shape index (κ3) is 2.87. The summed E-state index contributed by atoms with van der Waals surface area (Å²) in [5, 5.41) is 0.308. The fourth-order valence-corrected chi connectivity index (χ4v) is 2.72. The maximum atomic E-state index is 5.97. The molecule has 22 heavy (non-hydrogen) atoms. The lowest BCUT2D eigenvalue weighted by atomic mass is 10.2. The van der Waals surface area contributed by atoms with Gasteiger partial charge < -0.3 is 20.3 Å². The lowest BCUT2D eigenvalue weighted by molar-refractivity contribution is 0.415. The first kappa shape index (κ1) is 14.7. The highest BCUT2D eigenvalue weighted by Gasteiger charge is 2.21. The molecule has 3 rings (SSSR count). The van der Waals surface area contributed by atoms with Gasteiger partial charge in [-0.15, -0.1) is 0 Å². The van der Waals surface area contributed by atoms with Crippen LogP contribution in [0.3, 0.4) is 0 Å². The van der Waals surface area contributed by atoms with E-state index in [9.17, 15) is 0 Å². The predicted molar refractivity (Wildman–Crippen MR) is 88.9 cm³/mol. The summed E-state index contributed by atoms with van der Waals surface area (Å²) in [6.07, 6.45) is 1.45. The Labute approximate surface area is 134 Å². The van der Waals surface area contributed by atoms with Gasteiger partial charge in [0, 0.05) is 31.9 Å². The molecule has 0 atom stereocenters. The third-order valence-electron chi connectivity index (χ3n) is 3.83. The number of piperazine rings is 1. The molecule has 7 heteroatoms. The molecule has 0 radical (unpaired) electrons. The zero-order valence-corrected chi connectivity index (χ0v) is 13.1. The molecule has 2 N–H and O–H groups in total. The summed E-state index contributed by atoms with van der Waals surface area (Å²) in [7, 11) is 1.67. The summed E-state index contributed by atoms with van der Waals surface area (Å²) in [6, 6.07) is 8.10. The molecule has 0 aliphatic carbocycles. The van der Waals surface area contributed by atoms with Crippen LogP contribution in [-0.2, 0) is 0 Å². The summed E-state index contributed by atoms with van der Waals surface area (Å²) < 4.78 is 5.19. The van der Waals surface area contributed by atoms with Crippen LogP contribution in [0.1, 0.15) is 0 Å². The molecule has 0 amide bonds. The smallest absolute Gasteiger partial charge is 0.157 e. The van der Waals surface area contributed by atoms with Gasteiger partial charge in [0.25, 0.3) is 0 Å². The molecule has 0 spiro atoms. The molecule has 2 heterocycles. The van der Waals surface area contributed by atoms with Crippen LogP contribution in [-0.4, -0.2) is 43.3 Å². The molecular weight excluding hydrogens is 302 g/mol. The van der Waals surface area contributed by atoms with E-state index < -0.39 is 0 Å². The number of nitrogens with two attached hydrogens (primary N) is 1. The van der Waals surface area contributed by atoms with Crippen molar-refractivity contribution in [1.29, 1.82) is 0 Å². The van der Waals surface area contributed by atoms with E-state index in [2.05, 4.69) is 31.9 Å². The Morgan fingerprint density at radius 3 is 2.32 bits per heavy atom. The molecule has 0 saturated carbocycles. The molecule has 6 nitrogen and oxygen atoms in total. The minimum Gasteiger partial charge on any atom is -0.497 e. The molecule has 116 valence electrons. The van der Waals surface area contributed by atoms with Crippen LogP contribution in [0.25, 0.3) is 0 Å². The average Bonchev–Trinajstić information content (AvgIpc) is 2.58. The van der Waals surface area contributed by atoms with Crippen molar-refractivity contribution < 1.29 is 4.74 Å². The number of nitrogen functional groups attached to an aromatic ring is 1. The first-order valence-corrected chi connectivity index (χ1v) is 7.47. The second-order valence-electron chi connectivity index (χ2n) is 5.07. The lowest BCUT2D eigenvalue weighted by Crippen LogP contribution is -2.47. The van der Waals surface area contributed by atoms with Gasteiger partial charge in [-0.2, -0.15) is 0 Å². The summed E-state index contributed by atoms with van der Waals surface area (Å²) >= 11 is 5.96. The molecule has 1 saturated heterocycles. The van der Waals surface area contributed by atoms with Crippen molar-refractivity contribution in [2.24, 2.45) is 0 Å². The Kier molecular flexibility index (Phi) is 4.20. The minimum atomic E-state index is 0.308. The first-order chi connectivity index (χ1) is 10.7. The van der Waals surface area contributed by atoms with Crippen LogP contribution < -0.4 is 20.3 Å². The summed E-state index contributed by atoms with van der Waals surface area (Å²) in [4.78, 5) is 12.6. The van der Waals surface area contributed by atoms with E-state index in [0.29, 0.717) is 10.8 Å². The summed E-state index contributed by atoms with van der Waals surface area (Å²) in [5.41, 5.74) is 7.60. The fourth-order valence-electron chi connectivity index (χ4n) is 2.59. The second-order valence-corrected chi connectivity index (χ2v) is 5.43. The van der Waals surface area contributed by atoms with Gasteiger partial charge in [-0.3, -0.25) is 0 Å². The van der Waals surface area contributed by atoms with Gasteiger partial charge >= 0.3 is 0 Å². The molecule has 0 unspecified atom stereocenters. The number of anilines is 3. The second kappa shape index (κ2) is 6.27. The van der Waals surface area contributed by atoms with Crippen LogP contribution in [0.2, 0.25) is 5.15 Å². The van der Waals surface area contributed by atoms with Crippen LogP contribution in [0.15, 0.2) is 30.6 Å². The molecule has 1 aromatic carbocycles. The number of aromatic nitrogens is 2. The Morgan fingerprint density at radius 2 is 1.68 bits per heavy atom. The van der Waals surface area contributed by atoms with E-state index in [4.69, 9.17) is 22.1 Å². The van der Waals surface area contributed by atoms with Crippen molar-refractivity contribution >= 4 is 28.8 Å². The third-order valence-corrected chi connectivity index (χ3v) is 4.13. The Hall–Kier alpha value is -2.21. The number of nitrogens with zero attached hydrogens (tertiary/aromatic N) is 4. The zero-order valence-electron chi connectivity index (χ0n) is 12.4. The number of ether oxygens (including phenoxy) is 1. The number of halogens is 1. The highest BCUT2D eigenvalue weighted by atomic mass is 35.5. The Morgan fingerprint density at radius 1 is 1.05 bits per heavy atom. The lowest BCUT2D eigenvalue weighted by Gasteiger charge is -2.37. The van der Waals surface area contributed by atoms with Crippen LogP contribution >= 0.6 is 11.6 Å². The van der Waals surface area contributed by atoms with Gasteiger partial charge in [0.15, 0.2) is 11.0 Å². The van der Waals surface area contributed by atoms with Gasteiger partial charge in [0.1, 0.15) is 17.8 Å². The standard InChI is InChI=1S/C15H18ClN5O/c1-22-12-4-2-11(3-5-12)20-6-8-21(9-7-20)15-13(17)14(16)18-10-19-15/h2-5,10H,6-9,17H2,1H3. The highest BCUT2D eigenvalue weighted by molar-refractivity contribution is 6.32. The largest absolute Gasteiger partial charge is 0.497 e. The van der Waals surface area contributed by atoms with Crippen LogP contribution in [0, 0.1) is 0 Å². The van der Waals surface area contributed by atoms with Gasteiger partial charge in [-0.05, 0) is 24.3 Å². The Balaban J connectivity index is 1.68. The molecule has 1 fully saturated rings. The monoisotopic (exact) mass is 319 g/mol. The zero-order chi connectivity index (χ0) is 15.5. The van der Waals surface area contributed by atoms with E-state index >= 15 is 0 Å². The first-order valence-electron chi connectivity index (χ1n) is 7.09. The summed E-state index contributed by atoms with van der Waals surface area (Å²) in [6.45, 7) is 3.47. The van der Waals surface area contributed by atoms with Crippen molar-refractivity contribution in [3.63, 3.8) is 0 Å². The molecule has 1 aliphatic rings. The number of methoxy groups -OCH3 is 1. The number of hydrogen-bond acceptors (Lipinski definition) is 6. The number of benzene rings is 1. The number of hydrogen-bond donors (Lipinski definition) is 1. The van der Waals surface area contributed by atoms with Gasteiger partial charge in [0.05, 0.1) is 7.11 Å². The Bertz CT molecular complexity index is 641. The minimum absolute atomic E-state index is 0.308. The van der Waals surface area contributed by atoms with Crippen LogP contribution in [0.4, 0.5) is 17.2 Å². The van der Waals surface area contributed by atoms with Crippen molar-refractivity contribution in [2.75, 3.05) is 48.8 Å². The van der Waals surface area contributed by atoms with Crippen molar-refractivity contribution in [2.45, 2.75) is 0 Å². The van der Waals surface area contributed by atoms with E-state index in [1.54, 1.807) is 7.11 Å². The van der Waals surface area contributed by atoms with Crippen molar-refractivity contribution in [1.82, 2.24) is 9.97 Å². The van der Waals surface area contributed by atoms with E-state index in [0.717, 1.165) is 37.7 Å². The van der Waals surface area contributed by atoms with Crippen molar-refractivity contribution in [3.05, 3.63) is 35.7 Å². The molecule has 2 aromatic rings. The van der Waals surface area contributed by atoms with Gasteiger partial charge in [0.2, 0.25) is 0 Å². The fraction of sp³-hybridized carbons (Fsp3) is 0.333. The van der Waals surface area contributed by atoms with Gasteiger partial charge in [-0.1, -0.05) is 11.6 Å². The summed E-state index contributed by atoms with van der Waals surface area (Å²) in [5.74, 6) is 1.58. The number of rotatable bonds is 3. The van der Waals surface area contributed by atoms with E-state index in [-0.39, 0.29) is 0 Å². The normalized spacial score (nSPS) is 15.0. The molecule has 1 aliphatic heterocycles. The maximum Gasteiger partial charge on any atom is 0.157 e. The van der Waals surface area contributed by atoms with E-state index in [1.807, 2.05) is 12.1 Å². The van der Waals surface area contributed by atoms with Crippen molar-refractivity contribution in [3.8, 4) is 5.75 Å².